The molecule has 6 heteroatoms. The molecule has 1 atom stereocenters. The molecule has 1 aromatic heterocycles. The Morgan fingerprint density at radius 1 is 0.794 bits per heavy atom. The smallest absolute Gasteiger partial charge is 0.416 e. The number of halogens is 3. The van der Waals surface area contributed by atoms with Crippen molar-refractivity contribution in [3.05, 3.63) is 120 Å². The fraction of sp³-hybridized carbons (Fsp3) is 0.214. The summed E-state index contributed by atoms with van der Waals surface area (Å²) < 4.78 is 49.4. The van der Waals surface area contributed by atoms with Crippen molar-refractivity contribution in [3.63, 3.8) is 0 Å². The molecule has 0 radical (unpaired) electrons. The highest BCUT2D eigenvalue weighted by atomic mass is 19.4. The predicted molar refractivity (Wildman–Crippen MR) is 126 cm³/mol. The first-order valence-electron chi connectivity index (χ1n) is 11.4. The highest BCUT2D eigenvalue weighted by Crippen LogP contribution is 2.38. The number of fused-ring (bicyclic) bond motifs is 1. The van der Waals surface area contributed by atoms with Gasteiger partial charge in [0.2, 0.25) is 0 Å². The molecule has 0 bridgehead atoms. The van der Waals surface area contributed by atoms with Crippen LogP contribution >= 0.6 is 0 Å². The van der Waals surface area contributed by atoms with Crippen LogP contribution in [0.2, 0.25) is 0 Å². The molecule has 0 saturated carbocycles. The fourth-order valence-corrected chi connectivity index (χ4v) is 4.72. The van der Waals surface area contributed by atoms with Gasteiger partial charge in [0.1, 0.15) is 11.5 Å². The zero-order valence-electron chi connectivity index (χ0n) is 18.6. The van der Waals surface area contributed by atoms with Crippen LogP contribution in [-0.2, 0) is 19.3 Å². The second-order valence-electron chi connectivity index (χ2n) is 8.50. The first kappa shape index (κ1) is 22.3. The van der Waals surface area contributed by atoms with E-state index in [4.69, 9.17) is 4.74 Å². The van der Waals surface area contributed by atoms with E-state index in [2.05, 4.69) is 15.5 Å². The maximum Gasteiger partial charge on any atom is 0.416 e. The van der Waals surface area contributed by atoms with Gasteiger partial charge < -0.3 is 9.30 Å². The zero-order chi connectivity index (χ0) is 23.5. The number of aryl methyl sites for hydroxylation is 1. The van der Waals surface area contributed by atoms with Crippen LogP contribution < -0.4 is 4.74 Å². The van der Waals surface area contributed by atoms with Gasteiger partial charge in [0.15, 0.2) is 0 Å². The molecule has 0 spiro atoms. The maximum absolute atomic E-state index is 13.7. The lowest BCUT2D eigenvalue weighted by molar-refractivity contribution is -0.138. The molecule has 174 valence electrons. The Morgan fingerprint density at radius 3 is 2.38 bits per heavy atom. The first-order chi connectivity index (χ1) is 16.5. The Bertz CT molecular complexity index is 1250. The van der Waals surface area contributed by atoms with Gasteiger partial charge >= 0.3 is 6.18 Å². The summed E-state index contributed by atoms with van der Waals surface area (Å²) in [5.74, 6) is 1.43. The van der Waals surface area contributed by atoms with Crippen molar-refractivity contribution in [2.24, 2.45) is 0 Å². The Labute approximate surface area is 197 Å². The summed E-state index contributed by atoms with van der Waals surface area (Å²) in [4.78, 5) is 2.14. The van der Waals surface area contributed by atoms with Gasteiger partial charge in [-0.1, -0.05) is 48.5 Å². The average molecular weight is 463 g/mol. The van der Waals surface area contributed by atoms with Crippen LogP contribution in [0.4, 0.5) is 13.2 Å². The molecular weight excluding hydrogens is 437 g/mol. The molecule has 0 N–H and O–H groups in total. The number of para-hydroxylation sites is 1. The lowest BCUT2D eigenvalue weighted by atomic mass is 9.99. The Morgan fingerprint density at radius 2 is 1.56 bits per heavy atom. The molecule has 4 aromatic rings. The van der Waals surface area contributed by atoms with Crippen molar-refractivity contribution in [2.75, 3.05) is 6.54 Å². The lowest BCUT2D eigenvalue weighted by Gasteiger charge is -2.31. The van der Waals surface area contributed by atoms with Crippen LogP contribution in [-0.4, -0.2) is 16.0 Å². The van der Waals surface area contributed by atoms with Gasteiger partial charge in [-0.25, -0.2) is 0 Å². The third-order valence-corrected chi connectivity index (χ3v) is 6.20. The Kier molecular flexibility index (Phi) is 6.16. The quantitative estimate of drug-likeness (QED) is 0.310. The standard InChI is InChI=1S/C28H25F3N2O/c29-28(30,31)25-14-5-4-9-22(25)20-33-18-8-17-32-16-7-15-26(32)27(33)21-10-6-13-24(19-21)34-23-11-2-1-3-12-23/h1-7,9-16,19,27H,8,17-18,20H2. The van der Waals surface area contributed by atoms with E-state index in [0.717, 1.165) is 30.0 Å². The lowest BCUT2D eigenvalue weighted by Crippen LogP contribution is -2.30. The summed E-state index contributed by atoms with van der Waals surface area (Å²) in [6, 6.07) is 27.1. The minimum Gasteiger partial charge on any atom is -0.457 e. The van der Waals surface area contributed by atoms with E-state index < -0.39 is 11.7 Å². The summed E-state index contributed by atoms with van der Waals surface area (Å²) in [5.41, 5.74) is 1.77. The first-order valence-corrected chi connectivity index (χ1v) is 11.4. The monoisotopic (exact) mass is 462 g/mol. The maximum atomic E-state index is 13.7. The molecule has 5 rings (SSSR count). The number of aromatic nitrogens is 1. The summed E-state index contributed by atoms with van der Waals surface area (Å²) in [6.45, 7) is 1.72. The van der Waals surface area contributed by atoms with E-state index in [-0.39, 0.29) is 18.2 Å². The van der Waals surface area contributed by atoms with Gasteiger partial charge in [-0.15, -0.1) is 0 Å². The summed E-state index contributed by atoms with van der Waals surface area (Å²) in [6.07, 6.45) is -1.49. The predicted octanol–water partition coefficient (Wildman–Crippen LogP) is 7.29. The van der Waals surface area contributed by atoms with E-state index in [9.17, 15) is 13.2 Å². The van der Waals surface area contributed by atoms with Crippen molar-refractivity contribution in [2.45, 2.75) is 31.7 Å². The molecule has 1 aliphatic rings. The number of hydrogen-bond acceptors (Lipinski definition) is 2. The molecule has 2 heterocycles. The average Bonchev–Trinajstić information content (AvgIpc) is 3.21. The van der Waals surface area contributed by atoms with Crippen LogP contribution in [0.5, 0.6) is 11.5 Å². The van der Waals surface area contributed by atoms with Crippen LogP contribution in [0.1, 0.15) is 34.8 Å². The van der Waals surface area contributed by atoms with Gasteiger partial charge in [0.25, 0.3) is 0 Å². The molecule has 1 unspecified atom stereocenters. The van der Waals surface area contributed by atoms with E-state index in [1.165, 1.54) is 12.1 Å². The molecular formula is C28H25F3N2O. The molecule has 0 fully saturated rings. The molecule has 1 aliphatic heterocycles. The van der Waals surface area contributed by atoms with E-state index >= 15 is 0 Å². The van der Waals surface area contributed by atoms with Crippen molar-refractivity contribution in [1.29, 1.82) is 0 Å². The highest BCUT2D eigenvalue weighted by Gasteiger charge is 2.35. The Hall–Kier alpha value is -3.51. The highest BCUT2D eigenvalue weighted by molar-refractivity contribution is 5.39. The van der Waals surface area contributed by atoms with Crippen molar-refractivity contribution >= 4 is 0 Å². The molecule has 0 aliphatic carbocycles. The van der Waals surface area contributed by atoms with Crippen molar-refractivity contribution < 1.29 is 17.9 Å². The number of ether oxygens (including phenoxy) is 1. The van der Waals surface area contributed by atoms with Crippen molar-refractivity contribution in [1.82, 2.24) is 9.47 Å². The van der Waals surface area contributed by atoms with E-state index in [1.54, 1.807) is 12.1 Å². The number of alkyl halides is 3. The molecule has 0 amide bonds. The number of nitrogens with zero attached hydrogens (tertiary/aromatic N) is 2. The molecule has 3 aromatic carbocycles. The van der Waals surface area contributed by atoms with Crippen LogP contribution in [0.25, 0.3) is 0 Å². The molecule has 34 heavy (non-hydrogen) atoms. The summed E-state index contributed by atoms with van der Waals surface area (Å²) >= 11 is 0. The fourth-order valence-electron chi connectivity index (χ4n) is 4.72. The topological polar surface area (TPSA) is 17.4 Å². The van der Waals surface area contributed by atoms with Gasteiger partial charge in [-0.05, 0) is 60.0 Å². The summed E-state index contributed by atoms with van der Waals surface area (Å²) in [5, 5.41) is 0. The third kappa shape index (κ3) is 4.73. The SMILES string of the molecule is FC(F)(F)c1ccccc1CN1CCCn2cccc2C1c1cccc(Oc2ccccc2)c1. The zero-order valence-corrected chi connectivity index (χ0v) is 18.6. The van der Waals surface area contributed by atoms with Gasteiger partial charge in [0, 0.05) is 31.5 Å². The number of benzene rings is 3. The van der Waals surface area contributed by atoms with Crippen LogP contribution in [0, 0.1) is 0 Å². The van der Waals surface area contributed by atoms with Crippen LogP contribution in [0.3, 0.4) is 0 Å². The minimum absolute atomic E-state index is 0.196. The second-order valence-corrected chi connectivity index (χ2v) is 8.50. The van der Waals surface area contributed by atoms with Gasteiger partial charge in [-0.3, -0.25) is 4.90 Å². The second kappa shape index (κ2) is 9.39. The molecule has 3 nitrogen and oxygen atoms in total. The molecule has 0 saturated heterocycles. The Balaban J connectivity index is 1.53. The van der Waals surface area contributed by atoms with E-state index in [0.29, 0.717) is 12.3 Å². The van der Waals surface area contributed by atoms with E-state index in [1.807, 2.05) is 66.9 Å². The van der Waals surface area contributed by atoms with Gasteiger partial charge in [-0.2, -0.15) is 13.2 Å². The minimum atomic E-state index is -4.39. The normalized spacial score (nSPS) is 16.6. The number of rotatable bonds is 5. The third-order valence-electron chi connectivity index (χ3n) is 6.20. The summed E-state index contributed by atoms with van der Waals surface area (Å²) in [7, 11) is 0. The van der Waals surface area contributed by atoms with Gasteiger partial charge in [0.05, 0.1) is 11.6 Å². The van der Waals surface area contributed by atoms with Crippen molar-refractivity contribution in [3.8, 4) is 11.5 Å². The number of hydrogen-bond donors (Lipinski definition) is 0. The van der Waals surface area contributed by atoms with Crippen LogP contribution in [0.15, 0.2) is 97.2 Å². The largest absolute Gasteiger partial charge is 0.457 e.